The first-order valence-electron chi connectivity index (χ1n) is 9.95. The molecule has 1 heterocycles. The van der Waals surface area contributed by atoms with Gasteiger partial charge < -0.3 is 9.30 Å². The van der Waals surface area contributed by atoms with Crippen molar-refractivity contribution in [2.24, 2.45) is 13.0 Å². The Balaban J connectivity index is 1.57. The first-order valence-corrected chi connectivity index (χ1v) is 11.4. The fourth-order valence-corrected chi connectivity index (χ4v) is 5.75. The van der Waals surface area contributed by atoms with Crippen molar-refractivity contribution in [2.45, 2.75) is 55.4 Å². The normalized spacial score (nSPS) is 22.4. The van der Waals surface area contributed by atoms with Crippen molar-refractivity contribution in [3.63, 3.8) is 0 Å². The molecule has 29 heavy (non-hydrogen) atoms. The smallest absolute Gasteiger partial charge is 0.308 e. The second-order valence-corrected chi connectivity index (χ2v) is 9.76. The molecule has 0 unspecified atom stereocenters. The number of aromatic nitrogens is 1. The number of hydrogen-bond acceptors (Lipinski definition) is 4. The Kier molecular flexibility index (Phi) is 5.13. The molecule has 8 heteroatoms. The van der Waals surface area contributed by atoms with Gasteiger partial charge in [-0.05, 0) is 56.6 Å². The molecule has 0 aliphatic heterocycles. The lowest BCUT2D eigenvalue weighted by Gasteiger charge is -2.27. The number of fused-ring (bicyclic) bond motifs is 1. The summed E-state index contributed by atoms with van der Waals surface area (Å²) < 4.78 is 35.5. The number of aryl methyl sites for hydroxylation is 1. The summed E-state index contributed by atoms with van der Waals surface area (Å²) in [5, 5.41) is 0.807. The molecule has 2 fully saturated rings. The number of benzene rings is 1. The molecule has 2 aliphatic rings. The molecule has 0 atom stereocenters. The van der Waals surface area contributed by atoms with Gasteiger partial charge in [0.05, 0.1) is 24.5 Å². The number of nitrogens with one attached hydrogen (secondary N) is 1. The second-order valence-electron chi connectivity index (χ2n) is 8.05. The van der Waals surface area contributed by atoms with Crippen LogP contribution >= 0.6 is 0 Å². The van der Waals surface area contributed by atoms with Gasteiger partial charge in [0.25, 0.3) is 0 Å². The highest BCUT2D eigenvalue weighted by molar-refractivity contribution is 7.89. The summed E-state index contributed by atoms with van der Waals surface area (Å²) in [4.78, 5) is 15.6. The molecule has 0 spiro atoms. The Morgan fingerprint density at radius 3 is 2.48 bits per heavy atom. The third-order valence-electron chi connectivity index (χ3n) is 6.16. The lowest BCUT2D eigenvalue weighted by molar-refractivity contribution is -0.146. The van der Waals surface area contributed by atoms with E-state index in [9.17, 15) is 13.2 Å². The minimum absolute atomic E-state index is 0.145. The summed E-state index contributed by atoms with van der Waals surface area (Å²) in [5.74, 6) is 0.0376. The molecule has 0 amide bonds. The molecule has 7 nitrogen and oxygen atoms in total. The van der Waals surface area contributed by atoms with Crippen molar-refractivity contribution in [3.05, 3.63) is 35.3 Å². The molecule has 0 radical (unpaired) electrons. The summed E-state index contributed by atoms with van der Waals surface area (Å²) in [6, 6.07) is 4.80. The SMILES string of the molecule is [C-]#[N+]c1c(C2CC2)n(C)c2cc(S(=O)(=O)N[C@H]3CC[C@H](C(=O)OC)CC3)ccc12. The minimum Gasteiger partial charge on any atom is -0.469 e. The van der Waals surface area contributed by atoms with Crippen LogP contribution in [-0.2, 0) is 26.6 Å². The van der Waals surface area contributed by atoms with E-state index >= 15 is 0 Å². The number of methoxy groups -OCH3 is 1. The molecule has 1 aromatic carbocycles. The van der Waals surface area contributed by atoms with Gasteiger partial charge in [-0.1, -0.05) is 6.07 Å². The highest BCUT2D eigenvalue weighted by Gasteiger charge is 2.32. The van der Waals surface area contributed by atoms with Crippen LogP contribution < -0.4 is 4.72 Å². The Bertz CT molecular complexity index is 1100. The highest BCUT2D eigenvalue weighted by Crippen LogP contribution is 2.48. The summed E-state index contributed by atoms with van der Waals surface area (Å²) >= 11 is 0. The highest BCUT2D eigenvalue weighted by atomic mass is 32.2. The standard InChI is InChI=1S/C21H25N3O4S/c1-22-19-17-11-10-16(12-18(17)24(2)20(19)13-4-5-13)29(26,27)23-15-8-6-14(7-9-15)21(25)28-3/h10-15,23H,4-9H2,2-3H3/t14-,15-. The Hall–Kier alpha value is -2.37. The van der Waals surface area contributed by atoms with Gasteiger partial charge >= 0.3 is 5.97 Å². The van der Waals surface area contributed by atoms with E-state index in [2.05, 4.69) is 9.57 Å². The third kappa shape index (κ3) is 3.65. The predicted molar refractivity (Wildman–Crippen MR) is 109 cm³/mol. The molecule has 0 saturated heterocycles. The number of ether oxygens (including phenoxy) is 1. The van der Waals surface area contributed by atoms with Gasteiger partial charge in [0.15, 0.2) is 0 Å². The van der Waals surface area contributed by atoms with Gasteiger partial charge in [-0.25, -0.2) is 18.0 Å². The molecule has 0 bridgehead atoms. The second kappa shape index (κ2) is 7.47. The van der Waals surface area contributed by atoms with Crippen LogP contribution in [0.25, 0.3) is 15.7 Å². The quantitative estimate of drug-likeness (QED) is 0.597. The number of carbonyl (C=O) groups is 1. The van der Waals surface area contributed by atoms with E-state index in [1.54, 1.807) is 18.2 Å². The number of esters is 1. The van der Waals surface area contributed by atoms with E-state index in [0.29, 0.717) is 37.3 Å². The van der Waals surface area contributed by atoms with Crippen molar-refractivity contribution in [3.8, 4) is 0 Å². The monoisotopic (exact) mass is 415 g/mol. The zero-order chi connectivity index (χ0) is 20.8. The molecular formula is C21H25N3O4S. The first-order chi connectivity index (χ1) is 13.9. The van der Waals surface area contributed by atoms with Gasteiger partial charge in [0, 0.05) is 29.7 Å². The fraction of sp³-hybridized carbons (Fsp3) is 0.524. The number of nitrogens with zero attached hydrogens (tertiary/aromatic N) is 2. The maximum atomic E-state index is 13.0. The van der Waals surface area contributed by atoms with Crippen LogP contribution in [0.1, 0.15) is 50.1 Å². The van der Waals surface area contributed by atoms with Gasteiger partial charge in [0.1, 0.15) is 0 Å². The first kappa shape index (κ1) is 19.9. The van der Waals surface area contributed by atoms with Crippen LogP contribution in [0.15, 0.2) is 23.1 Å². The van der Waals surface area contributed by atoms with Crippen LogP contribution in [0.2, 0.25) is 0 Å². The van der Waals surface area contributed by atoms with Gasteiger partial charge in [0.2, 0.25) is 15.7 Å². The fourth-order valence-electron chi connectivity index (χ4n) is 4.43. The molecule has 2 aliphatic carbocycles. The van der Waals surface area contributed by atoms with Crippen molar-refractivity contribution in [2.75, 3.05) is 7.11 Å². The van der Waals surface area contributed by atoms with E-state index in [0.717, 1.165) is 29.4 Å². The minimum atomic E-state index is -3.68. The summed E-state index contributed by atoms with van der Waals surface area (Å²) in [6.07, 6.45) is 4.62. The lowest BCUT2D eigenvalue weighted by atomic mass is 9.86. The maximum absolute atomic E-state index is 13.0. The molecular weight excluding hydrogens is 390 g/mol. The van der Waals surface area contributed by atoms with Crippen molar-refractivity contribution in [1.29, 1.82) is 0 Å². The average molecular weight is 416 g/mol. The summed E-state index contributed by atoms with van der Waals surface area (Å²) in [7, 11) is -0.398. The Labute approximate surface area is 170 Å². The van der Waals surface area contributed by atoms with Gasteiger partial charge in [-0.3, -0.25) is 4.79 Å². The van der Waals surface area contributed by atoms with E-state index in [-0.39, 0.29) is 22.8 Å². The maximum Gasteiger partial charge on any atom is 0.308 e. The molecule has 4 rings (SSSR count). The average Bonchev–Trinajstić information content (AvgIpc) is 3.51. The Morgan fingerprint density at radius 1 is 1.21 bits per heavy atom. The van der Waals surface area contributed by atoms with Crippen molar-refractivity contribution in [1.82, 2.24) is 9.29 Å². The zero-order valence-corrected chi connectivity index (χ0v) is 17.5. The van der Waals surface area contributed by atoms with Gasteiger partial charge in [-0.2, -0.15) is 0 Å². The molecule has 2 aromatic rings. The van der Waals surface area contributed by atoms with Crippen LogP contribution in [0, 0.1) is 12.5 Å². The van der Waals surface area contributed by atoms with Crippen LogP contribution in [-0.4, -0.2) is 32.1 Å². The van der Waals surface area contributed by atoms with Crippen LogP contribution in [0.5, 0.6) is 0 Å². The Morgan fingerprint density at radius 2 is 1.90 bits per heavy atom. The summed E-state index contributed by atoms with van der Waals surface area (Å²) in [5.41, 5.74) is 2.43. The number of hydrogen-bond donors (Lipinski definition) is 1. The largest absolute Gasteiger partial charge is 0.469 e. The molecule has 1 aromatic heterocycles. The van der Waals surface area contributed by atoms with Crippen molar-refractivity contribution < 1.29 is 17.9 Å². The van der Waals surface area contributed by atoms with Gasteiger partial charge in [-0.15, -0.1) is 0 Å². The van der Waals surface area contributed by atoms with E-state index in [1.165, 1.54) is 7.11 Å². The van der Waals surface area contributed by atoms with Crippen LogP contribution in [0.4, 0.5) is 5.69 Å². The summed E-state index contributed by atoms with van der Waals surface area (Å²) in [6.45, 7) is 7.56. The number of sulfonamides is 1. The van der Waals surface area contributed by atoms with E-state index in [4.69, 9.17) is 11.3 Å². The molecule has 154 valence electrons. The van der Waals surface area contributed by atoms with Crippen molar-refractivity contribution >= 4 is 32.6 Å². The zero-order valence-electron chi connectivity index (χ0n) is 16.6. The van der Waals surface area contributed by atoms with E-state index < -0.39 is 10.0 Å². The lowest BCUT2D eigenvalue weighted by Crippen LogP contribution is -2.38. The third-order valence-corrected chi connectivity index (χ3v) is 7.68. The number of rotatable bonds is 5. The molecule has 2 saturated carbocycles. The number of carbonyl (C=O) groups excluding carboxylic acids is 1. The van der Waals surface area contributed by atoms with E-state index in [1.807, 2.05) is 11.6 Å². The topological polar surface area (TPSA) is 81.8 Å². The van der Waals surface area contributed by atoms with Crippen LogP contribution in [0.3, 0.4) is 0 Å². The molecule has 1 N–H and O–H groups in total. The predicted octanol–water partition coefficient (Wildman–Crippen LogP) is 3.62.